The van der Waals surface area contributed by atoms with Crippen LogP contribution in [0.25, 0.3) is 0 Å². The van der Waals surface area contributed by atoms with Gasteiger partial charge in [-0.2, -0.15) is 0 Å². The monoisotopic (exact) mass is 243 g/mol. The van der Waals surface area contributed by atoms with Gasteiger partial charge in [0.2, 0.25) is 0 Å². The fourth-order valence-corrected chi connectivity index (χ4v) is 1.84. The number of thioether (sulfide) groups is 1. The van der Waals surface area contributed by atoms with E-state index in [1.165, 1.54) is 0 Å². The number of carbonyl (C=O) groups is 1. The van der Waals surface area contributed by atoms with Gasteiger partial charge in [0, 0.05) is 16.8 Å². The molecule has 0 heterocycles. The van der Waals surface area contributed by atoms with Gasteiger partial charge in [-0.05, 0) is 25.3 Å². The molecular formula is C11H14ClNOS. The van der Waals surface area contributed by atoms with Gasteiger partial charge < -0.3 is 5.32 Å². The molecule has 4 heteroatoms. The highest BCUT2D eigenvalue weighted by molar-refractivity contribution is 7.98. The zero-order valence-electron chi connectivity index (χ0n) is 8.79. The second-order valence-corrected chi connectivity index (χ2v) is 4.39. The first-order chi connectivity index (χ1) is 7.19. The summed E-state index contributed by atoms with van der Waals surface area (Å²) in [7, 11) is 0. The molecule has 0 saturated carbocycles. The predicted molar refractivity (Wildman–Crippen MR) is 65.9 cm³/mol. The molecule has 82 valence electrons. The van der Waals surface area contributed by atoms with Crippen LogP contribution in [0.4, 0.5) is 0 Å². The first-order valence-corrected chi connectivity index (χ1v) is 6.44. The lowest BCUT2D eigenvalue weighted by molar-refractivity contribution is 0.0940. The normalized spacial score (nSPS) is 12.2. The maximum absolute atomic E-state index is 11.8. The van der Waals surface area contributed by atoms with Crippen molar-refractivity contribution < 1.29 is 4.79 Å². The zero-order valence-corrected chi connectivity index (χ0v) is 10.4. The Bertz CT molecular complexity index is 343. The molecule has 0 bridgehead atoms. The first kappa shape index (κ1) is 12.4. The molecule has 0 spiro atoms. The Kier molecular flexibility index (Phi) is 4.99. The van der Waals surface area contributed by atoms with Gasteiger partial charge in [-0.1, -0.05) is 12.1 Å². The second kappa shape index (κ2) is 6.03. The van der Waals surface area contributed by atoms with Gasteiger partial charge >= 0.3 is 0 Å². The van der Waals surface area contributed by atoms with Gasteiger partial charge in [-0.3, -0.25) is 4.79 Å². The van der Waals surface area contributed by atoms with E-state index >= 15 is 0 Å². The summed E-state index contributed by atoms with van der Waals surface area (Å²) in [6, 6.07) is 7.54. The topological polar surface area (TPSA) is 29.1 Å². The Morgan fingerprint density at radius 1 is 1.53 bits per heavy atom. The number of amides is 1. The summed E-state index contributed by atoms with van der Waals surface area (Å²) in [6.45, 7) is 1.88. The Morgan fingerprint density at radius 2 is 2.20 bits per heavy atom. The molecule has 0 radical (unpaired) electrons. The van der Waals surface area contributed by atoms with E-state index < -0.39 is 0 Å². The fraction of sp³-hybridized carbons (Fsp3) is 0.364. The Labute approximate surface area is 99.4 Å². The smallest absolute Gasteiger partial charge is 0.252 e. The first-order valence-electron chi connectivity index (χ1n) is 4.69. The Hall–Kier alpha value is -0.670. The molecule has 0 aliphatic rings. The van der Waals surface area contributed by atoms with Gasteiger partial charge in [0.1, 0.15) is 0 Å². The number of hydrogen-bond acceptors (Lipinski definition) is 2. The van der Waals surface area contributed by atoms with Crippen LogP contribution >= 0.6 is 23.4 Å². The summed E-state index contributed by atoms with van der Waals surface area (Å²) >= 11 is 7.20. The van der Waals surface area contributed by atoms with E-state index in [4.69, 9.17) is 11.6 Å². The van der Waals surface area contributed by atoms with Crippen molar-refractivity contribution in [3.8, 4) is 0 Å². The highest BCUT2D eigenvalue weighted by atomic mass is 35.5. The average Bonchev–Trinajstić information content (AvgIpc) is 2.28. The van der Waals surface area contributed by atoms with Crippen molar-refractivity contribution in [2.75, 3.05) is 12.1 Å². The molecule has 1 amide bonds. The lowest BCUT2D eigenvalue weighted by Crippen LogP contribution is -2.33. The summed E-state index contributed by atoms with van der Waals surface area (Å²) in [5, 5.41) is 2.84. The van der Waals surface area contributed by atoms with Gasteiger partial charge in [0.05, 0.1) is 5.56 Å². The lowest BCUT2D eigenvalue weighted by atomic mass is 10.2. The summed E-state index contributed by atoms with van der Waals surface area (Å²) in [5.74, 6) is 0.362. The number of carbonyl (C=O) groups excluding carboxylic acids is 1. The summed E-state index contributed by atoms with van der Waals surface area (Å²) in [5.41, 5.74) is 0.710. The largest absolute Gasteiger partial charge is 0.348 e. The maximum atomic E-state index is 11.8. The Morgan fingerprint density at radius 3 is 2.80 bits per heavy atom. The SMILES string of the molecule is CSc1ccccc1C(=O)NC(C)CCl. The Balaban J connectivity index is 2.81. The molecule has 0 aliphatic heterocycles. The number of nitrogens with one attached hydrogen (secondary N) is 1. The van der Waals surface area contributed by atoms with Crippen LogP contribution in [0.5, 0.6) is 0 Å². The van der Waals surface area contributed by atoms with E-state index in [-0.39, 0.29) is 11.9 Å². The van der Waals surface area contributed by atoms with Crippen molar-refractivity contribution in [3.63, 3.8) is 0 Å². The van der Waals surface area contributed by atoms with Crippen LogP contribution in [0.2, 0.25) is 0 Å². The van der Waals surface area contributed by atoms with E-state index in [0.717, 1.165) is 4.90 Å². The molecule has 1 aromatic rings. The van der Waals surface area contributed by atoms with Crippen LogP contribution in [0.15, 0.2) is 29.2 Å². The van der Waals surface area contributed by atoms with Crippen LogP contribution in [-0.2, 0) is 0 Å². The molecule has 1 rings (SSSR count). The zero-order chi connectivity index (χ0) is 11.3. The molecule has 0 aromatic heterocycles. The molecule has 0 fully saturated rings. The van der Waals surface area contributed by atoms with Crippen LogP contribution in [0, 0.1) is 0 Å². The molecule has 0 aliphatic carbocycles. The number of alkyl halides is 1. The van der Waals surface area contributed by atoms with Crippen molar-refractivity contribution in [2.24, 2.45) is 0 Å². The van der Waals surface area contributed by atoms with Crippen molar-refractivity contribution in [2.45, 2.75) is 17.9 Å². The minimum atomic E-state index is -0.0619. The van der Waals surface area contributed by atoms with E-state index in [2.05, 4.69) is 5.32 Å². The predicted octanol–water partition coefficient (Wildman–Crippen LogP) is 2.77. The van der Waals surface area contributed by atoms with E-state index in [9.17, 15) is 4.79 Å². The number of benzene rings is 1. The molecule has 1 aromatic carbocycles. The minimum Gasteiger partial charge on any atom is -0.348 e. The van der Waals surface area contributed by atoms with Gasteiger partial charge in [0.25, 0.3) is 5.91 Å². The van der Waals surface area contributed by atoms with E-state index in [0.29, 0.717) is 11.4 Å². The summed E-state index contributed by atoms with van der Waals surface area (Å²) < 4.78 is 0. The van der Waals surface area contributed by atoms with Crippen LogP contribution in [0.3, 0.4) is 0 Å². The van der Waals surface area contributed by atoms with Crippen LogP contribution in [0.1, 0.15) is 17.3 Å². The minimum absolute atomic E-state index is 0.00548. The summed E-state index contributed by atoms with van der Waals surface area (Å²) in [6.07, 6.45) is 1.96. The third-order valence-electron chi connectivity index (χ3n) is 1.96. The number of hydrogen-bond donors (Lipinski definition) is 1. The highest BCUT2D eigenvalue weighted by Crippen LogP contribution is 2.19. The van der Waals surface area contributed by atoms with E-state index in [1.54, 1.807) is 11.8 Å². The van der Waals surface area contributed by atoms with Gasteiger partial charge in [-0.15, -0.1) is 23.4 Å². The fourth-order valence-electron chi connectivity index (χ4n) is 1.17. The number of halogens is 1. The second-order valence-electron chi connectivity index (χ2n) is 3.23. The molecule has 15 heavy (non-hydrogen) atoms. The highest BCUT2D eigenvalue weighted by Gasteiger charge is 2.11. The molecule has 0 saturated heterocycles. The molecule has 1 atom stereocenters. The average molecular weight is 244 g/mol. The van der Waals surface area contributed by atoms with Gasteiger partial charge in [0.15, 0.2) is 0 Å². The van der Waals surface area contributed by atoms with Crippen LogP contribution < -0.4 is 5.32 Å². The van der Waals surface area contributed by atoms with E-state index in [1.807, 2.05) is 37.4 Å². The molecular weight excluding hydrogens is 230 g/mol. The third-order valence-corrected chi connectivity index (χ3v) is 3.22. The molecule has 2 nitrogen and oxygen atoms in total. The molecule has 1 unspecified atom stereocenters. The lowest BCUT2D eigenvalue weighted by Gasteiger charge is -2.12. The quantitative estimate of drug-likeness (QED) is 0.651. The van der Waals surface area contributed by atoms with Crippen molar-refractivity contribution >= 4 is 29.3 Å². The maximum Gasteiger partial charge on any atom is 0.252 e. The molecule has 1 N–H and O–H groups in total. The van der Waals surface area contributed by atoms with Gasteiger partial charge in [-0.25, -0.2) is 0 Å². The van der Waals surface area contributed by atoms with Crippen molar-refractivity contribution in [3.05, 3.63) is 29.8 Å². The summed E-state index contributed by atoms with van der Waals surface area (Å²) in [4.78, 5) is 12.8. The number of rotatable bonds is 4. The third kappa shape index (κ3) is 3.43. The van der Waals surface area contributed by atoms with Crippen LogP contribution in [-0.4, -0.2) is 24.1 Å². The standard InChI is InChI=1S/C11H14ClNOS/c1-8(7-12)13-11(14)9-5-3-4-6-10(9)15-2/h3-6,8H,7H2,1-2H3,(H,13,14). The van der Waals surface area contributed by atoms with Crippen molar-refractivity contribution in [1.29, 1.82) is 0 Å². The van der Waals surface area contributed by atoms with Crippen molar-refractivity contribution in [1.82, 2.24) is 5.32 Å².